The molecule has 68 heavy (non-hydrogen) atoms. The van der Waals surface area contributed by atoms with Gasteiger partial charge in [0.05, 0.1) is 13.2 Å². The van der Waals surface area contributed by atoms with Gasteiger partial charge < -0.3 is 20.1 Å². The van der Waals surface area contributed by atoms with E-state index in [1.54, 1.807) is 0 Å². The molecule has 0 saturated heterocycles. The first-order chi connectivity index (χ1) is 33.3. The fraction of sp³-hybridized carbons (Fsp3) is 0.828. The fourth-order valence-electron chi connectivity index (χ4n) is 8.17. The Morgan fingerprint density at radius 3 is 1.13 bits per heavy atom. The molecule has 3 N–H and O–H groups in total. The summed E-state index contributed by atoms with van der Waals surface area (Å²) in [6.07, 6.45) is 65.9. The van der Waals surface area contributed by atoms with Crippen LogP contribution in [0.5, 0.6) is 0 Å². The van der Waals surface area contributed by atoms with Gasteiger partial charge in [0, 0.05) is 19.4 Å². The molecule has 2 unspecified atom stereocenters. The van der Waals surface area contributed by atoms with Gasteiger partial charge in [0.2, 0.25) is 0 Å². The molecule has 0 fully saturated rings. The lowest BCUT2D eigenvalue weighted by Gasteiger charge is -2.19. The molecule has 0 heterocycles. The van der Waals surface area contributed by atoms with E-state index in [9.17, 15) is 19.0 Å². The smallest absolute Gasteiger partial charge is 0.462 e. The second-order valence-electron chi connectivity index (χ2n) is 19.2. The van der Waals surface area contributed by atoms with Crippen molar-refractivity contribution in [3.63, 3.8) is 0 Å². The molecule has 2 atom stereocenters. The molecule has 398 valence electrons. The summed E-state index contributed by atoms with van der Waals surface area (Å²) < 4.78 is 33.0. The van der Waals surface area contributed by atoms with E-state index in [-0.39, 0.29) is 38.6 Å². The van der Waals surface area contributed by atoms with Crippen LogP contribution in [-0.4, -0.2) is 49.3 Å². The van der Waals surface area contributed by atoms with Gasteiger partial charge in [-0.05, 0) is 77.0 Å². The summed E-state index contributed by atoms with van der Waals surface area (Å²) in [6, 6.07) is 0. The highest BCUT2D eigenvalue weighted by Crippen LogP contribution is 2.43. The van der Waals surface area contributed by atoms with Gasteiger partial charge in [-0.25, -0.2) is 4.57 Å². The molecule has 0 saturated carbocycles. The van der Waals surface area contributed by atoms with Crippen LogP contribution in [0.4, 0.5) is 0 Å². The van der Waals surface area contributed by atoms with Gasteiger partial charge in [-0.15, -0.1) is 0 Å². The topological polar surface area (TPSA) is 134 Å². The van der Waals surface area contributed by atoms with E-state index in [0.29, 0.717) is 6.42 Å². The van der Waals surface area contributed by atoms with Gasteiger partial charge in [-0.2, -0.15) is 0 Å². The average Bonchev–Trinajstić information content (AvgIpc) is 3.33. The summed E-state index contributed by atoms with van der Waals surface area (Å²) in [4.78, 5) is 35.1. The highest BCUT2D eigenvalue weighted by molar-refractivity contribution is 7.47. The quantitative estimate of drug-likeness (QED) is 0.0264. The second-order valence-corrected chi connectivity index (χ2v) is 20.6. The Kier molecular flexibility index (Phi) is 52.7. The summed E-state index contributed by atoms with van der Waals surface area (Å²) in [6.45, 7) is 3.74. The molecular weight excluding hydrogens is 870 g/mol. The molecule has 0 spiro atoms. The lowest BCUT2D eigenvalue weighted by molar-refractivity contribution is -0.161. The Hall–Kier alpha value is -2.03. The number of unbranched alkanes of at least 4 members (excludes halogenated alkanes) is 33. The summed E-state index contributed by atoms with van der Waals surface area (Å²) >= 11 is 0. The average molecular weight is 978 g/mol. The number of hydrogen-bond donors (Lipinski definition) is 2. The number of ether oxygens (including phenoxy) is 2. The van der Waals surface area contributed by atoms with Crippen LogP contribution < -0.4 is 5.73 Å². The third-order valence-corrected chi connectivity index (χ3v) is 13.4. The highest BCUT2D eigenvalue weighted by Gasteiger charge is 2.26. The zero-order valence-electron chi connectivity index (χ0n) is 44.3. The summed E-state index contributed by atoms with van der Waals surface area (Å²) in [5, 5.41) is 0. The van der Waals surface area contributed by atoms with Gasteiger partial charge >= 0.3 is 19.8 Å². The van der Waals surface area contributed by atoms with Crippen LogP contribution in [0.25, 0.3) is 0 Å². The molecule has 0 bridgehead atoms. The van der Waals surface area contributed by atoms with Gasteiger partial charge in [0.1, 0.15) is 6.61 Å². The maximum atomic E-state index is 12.7. The molecule has 0 aromatic rings. The zero-order valence-corrected chi connectivity index (χ0v) is 45.2. The molecule has 10 heteroatoms. The summed E-state index contributed by atoms with van der Waals surface area (Å²) in [5.41, 5.74) is 5.38. The first-order valence-electron chi connectivity index (χ1n) is 28.6. The zero-order chi connectivity index (χ0) is 49.5. The highest BCUT2D eigenvalue weighted by atomic mass is 31.2. The predicted molar refractivity (Wildman–Crippen MR) is 289 cm³/mol. The Labute approximate surface area is 419 Å². The first kappa shape index (κ1) is 66.0. The van der Waals surface area contributed by atoms with Crippen LogP contribution in [0.1, 0.15) is 277 Å². The lowest BCUT2D eigenvalue weighted by atomic mass is 10.0. The molecule has 0 aliphatic carbocycles. The minimum absolute atomic E-state index is 0.0523. The number of phosphoric acid groups is 1. The Balaban J connectivity index is 3.94. The lowest BCUT2D eigenvalue weighted by Crippen LogP contribution is -2.29. The number of hydrogen-bond acceptors (Lipinski definition) is 8. The maximum absolute atomic E-state index is 12.7. The van der Waals surface area contributed by atoms with Crippen molar-refractivity contribution in [1.29, 1.82) is 0 Å². The van der Waals surface area contributed by atoms with Crippen molar-refractivity contribution in [2.45, 2.75) is 283 Å². The Morgan fingerprint density at radius 1 is 0.441 bits per heavy atom. The van der Waals surface area contributed by atoms with Gasteiger partial charge in [0.15, 0.2) is 6.10 Å². The maximum Gasteiger partial charge on any atom is 0.472 e. The third kappa shape index (κ3) is 53.3. The van der Waals surface area contributed by atoms with Crippen LogP contribution in [-0.2, 0) is 32.7 Å². The van der Waals surface area contributed by atoms with E-state index in [4.69, 9.17) is 24.3 Å². The number of carbonyl (C=O) groups excluding carboxylic acids is 2. The van der Waals surface area contributed by atoms with E-state index < -0.39 is 26.5 Å². The van der Waals surface area contributed by atoms with Gasteiger partial charge in [-0.1, -0.05) is 236 Å². The molecule has 0 amide bonds. The molecule has 0 aliphatic heterocycles. The summed E-state index contributed by atoms with van der Waals surface area (Å²) in [5.74, 6) is -0.827. The molecule has 0 aromatic carbocycles. The number of carbonyl (C=O) groups is 2. The Bertz CT molecular complexity index is 1250. The molecule has 0 aliphatic rings. The van der Waals surface area contributed by atoms with Crippen LogP contribution >= 0.6 is 7.82 Å². The van der Waals surface area contributed by atoms with E-state index in [1.807, 2.05) is 0 Å². The monoisotopic (exact) mass is 978 g/mol. The van der Waals surface area contributed by atoms with E-state index in [1.165, 1.54) is 186 Å². The molecule has 0 rings (SSSR count). The standard InChI is InChI=1S/C58H108NO8P/c1-3-5-7-9-11-13-15-17-19-21-23-24-25-26-27-28-29-30-31-32-33-35-37-39-41-43-45-47-49-51-58(61)67-56(55-66-68(62,63)65-53-52-59)54-64-57(60)50-48-46-44-42-40-38-36-34-22-20-18-16-14-12-10-8-6-4-2/h14-17,20-23,56H,3-13,18-19,24-55,59H2,1-2H3,(H,62,63)/b16-14-,17-15-,22-20-,23-21-. The SMILES string of the molecule is CCCCCC/C=C\C/C=C\CCCCCCCCCC(=O)OCC(COP(=O)(O)OCCN)OC(=O)CCCCCCCCCCCCCCCCCCC/C=C\C/C=C\CCCCCCC. The normalized spacial score (nSPS) is 13.4. The minimum atomic E-state index is -4.39. The van der Waals surface area contributed by atoms with Crippen molar-refractivity contribution >= 4 is 19.8 Å². The number of rotatable bonds is 54. The molecule has 0 radical (unpaired) electrons. The Morgan fingerprint density at radius 2 is 0.765 bits per heavy atom. The van der Waals surface area contributed by atoms with Gasteiger partial charge in [0.25, 0.3) is 0 Å². The van der Waals surface area contributed by atoms with Crippen molar-refractivity contribution in [2.75, 3.05) is 26.4 Å². The number of esters is 2. The number of nitrogens with two attached hydrogens (primary N) is 1. The van der Waals surface area contributed by atoms with Gasteiger partial charge in [-0.3, -0.25) is 18.6 Å². The predicted octanol–water partition coefficient (Wildman–Crippen LogP) is 17.8. The molecular formula is C58H108NO8P. The van der Waals surface area contributed by atoms with E-state index in [2.05, 4.69) is 62.5 Å². The molecule has 0 aromatic heterocycles. The van der Waals surface area contributed by atoms with Crippen LogP contribution in [0.15, 0.2) is 48.6 Å². The largest absolute Gasteiger partial charge is 0.472 e. The van der Waals surface area contributed by atoms with Crippen molar-refractivity contribution < 1.29 is 37.6 Å². The summed E-state index contributed by atoms with van der Waals surface area (Å²) in [7, 11) is -4.39. The van der Waals surface area contributed by atoms with Crippen LogP contribution in [0.3, 0.4) is 0 Å². The second kappa shape index (κ2) is 54.3. The van der Waals surface area contributed by atoms with Crippen LogP contribution in [0.2, 0.25) is 0 Å². The minimum Gasteiger partial charge on any atom is -0.462 e. The number of phosphoric ester groups is 1. The van der Waals surface area contributed by atoms with Crippen molar-refractivity contribution in [3.8, 4) is 0 Å². The number of allylic oxidation sites excluding steroid dienone is 8. The van der Waals surface area contributed by atoms with Crippen LogP contribution in [0, 0.1) is 0 Å². The van der Waals surface area contributed by atoms with E-state index in [0.717, 1.165) is 57.8 Å². The van der Waals surface area contributed by atoms with Crippen molar-refractivity contribution in [1.82, 2.24) is 0 Å². The van der Waals surface area contributed by atoms with Crippen molar-refractivity contribution in [3.05, 3.63) is 48.6 Å². The first-order valence-corrected chi connectivity index (χ1v) is 30.1. The fourth-order valence-corrected chi connectivity index (χ4v) is 8.93. The third-order valence-electron chi connectivity index (χ3n) is 12.4. The van der Waals surface area contributed by atoms with E-state index >= 15 is 0 Å². The van der Waals surface area contributed by atoms with Crippen molar-refractivity contribution in [2.24, 2.45) is 5.73 Å². The molecule has 9 nitrogen and oxygen atoms in total.